The van der Waals surface area contributed by atoms with Crippen molar-refractivity contribution < 1.29 is 0 Å². The van der Waals surface area contributed by atoms with Crippen LogP contribution in [0.3, 0.4) is 0 Å². The van der Waals surface area contributed by atoms with Gasteiger partial charge in [-0.1, -0.05) is 13.8 Å². The van der Waals surface area contributed by atoms with Crippen molar-refractivity contribution >= 4 is 0 Å². The number of terminal acetylenes is 1. The summed E-state index contributed by atoms with van der Waals surface area (Å²) in [5.74, 6) is 4.38. The molecule has 0 spiro atoms. The Labute approximate surface area is 106 Å². The van der Waals surface area contributed by atoms with E-state index in [2.05, 4.69) is 36.9 Å². The van der Waals surface area contributed by atoms with Crippen LogP contribution in [0.15, 0.2) is 0 Å². The van der Waals surface area contributed by atoms with E-state index in [0.29, 0.717) is 17.5 Å². The lowest BCUT2D eigenvalue weighted by Crippen LogP contribution is -2.65. The molecule has 1 N–H and O–H groups in total. The summed E-state index contributed by atoms with van der Waals surface area (Å²) in [4.78, 5) is 2.62. The molecule has 17 heavy (non-hydrogen) atoms. The lowest BCUT2D eigenvalue weighted by Gasteiger charge is -2.48. The fourth-order valence-electron chi connectivity index (χ4n) is 3.17. The molecule has 2 aliphatic rings. The maximum atomic E-state index is 5.41. The van der Waals surface area contributed by atoms with Crippen molar-refractivity contribution in [2.75, 3.05) is 19.6 Å². The standard InChI is InChI=1S/C15H26N2/c1-5-6-9-17-11-15(4,13-7-8-13)16-10-14(17)12(2)3/h1,12-14,16H,6-11H2,2-4H3. The molecule has 1 saturated carbocycles. The molecule has 0 bridgehead atoms. The lowest BCUT2D eigenvalue weighted by atomic mass is 9.88. The normalized spacial score (nSPS) is 34.9. The van der Waals surface area contributed by atoms with Crippen LogP contribution in [0.25, 0.3) is 0 Å². The third-order valence-electron chi connectivity index (χ3n) is 4.51. The second-order valence-electron chi connectivity index (χ2n) is 6.31. The summed E-state index contributed by atoms with van der Waals surface area (Å²) in [7, 11) is 0. The second-order valence-corrected chi connectivity index (χ2v) is 6.31. The minimum atomic E-state index is 0.333. The van der Waals surface area contributed by atoms with Gasteiger partial charge in [0.25, 0.3) is 0 Å². The SMILES string of the molecule is C#CCCN1CC(C)(C2CC2)NCC1C(C)C. The van der Waals surface area contributed by atoms with Gasteiger partial charge < -0.3 is 5.32 Å². The summed E-state index contributed by atoms with van der Waals surface area (Å²) in [5, 5.41) is 3.80. The van der Waals surface area contributed by atoms with Crippen LogP contribution < -0.4 is 5.32 Å². The molecule has 1 aliphatic heterocycles. The monoisotopic (exact) mass is 234 g/mol. The van der Waals surface area contributed by atoms with E-state index < -0.39 is 0 Å². The van der Waals surface area contributed by atoms with Gasteiger partial charge in [0.1, 0.15) is 0 Å². The molecule has 1 aliphatic carbocycles. The molecule has 2 unspecified atom stereocenters. The number of rotatable bonds is 4. The number of hydrogen-bond donors (Lipinski definition) is 1. The van der Waals surface area contributed by atoms with E-state index in [9.17, 15) is 0 Å². The topological polar surface area (TPSA) is 15.3 Å². The first-order chi connectivity index (χ1) is 8.07. The molecule has 0 amide bonds. The number of nitrogens with one attached hydrogen (secondary N) is 1. The summed E-state index contributed by atoms with van der Waals surface area (Å²) >= 11 is 0. The highest BCUT2D eigenvalue weighted by Crippen LogP contribution is 2.41. The molecule has 2 heteroatoms. The number of nitrogens with zero attached hydrogens (tertiary/aromatic N) is 1. The third kappa shape index (κ3) is 2.84. The Bertz CT molecular complexity index is 301. The van der Waals surface area contributed by atoms with E-state index in [-0.39, 0.29) is 0 Å². The zero-order chi connectivity index (χ0) is 12.5. The van der Waals surface area contributed by atoms with Crippen LogP contribution in [0.5, 0.6) is 0 Å². The highest BCUT2D eigenvalue weighted by atomic mass is 15.3. The van der Waals surface area contributed by atoms with Gasteiger partial charge in [0, 0.05) is 37.6 Å². The van der Waals surface area contributed by atoms with Gasteiger partial charge in [-0.3, -0.25) is 4.90 Å². The Morgan fingerprint density at radius 2 is 2.18 bits per heavy atom. The van der Waals surface area contributed by atoms with Gasteiger partial charge in [-0.2, -0.15) is 0 Å². The molecule has 1 heterocycles. The zero-order valence-electron chi connectivity index (χ0n) is 11.5. The quantitative estimate of drug-likeness (QED) is 0.750. The van der Waals surface area contributed by atoms with Gasteiger partial charge in [-0.05, 0) is 31.6 Å². The summed E-state index contributed by atoms with van der Waals surface area (Å²) < 4.78 is 0. The molecule has 0 aromatic heterocycles. The molecule has 0 radical (unpaired) electrons. The summed E-state index contributed by atoms with van der Waals surface area (Å²) in [5.41, 5.74) is 0.333. The molecule has 2 atom stereocenters. The van der Waals surface area contributed by atoms with Crippen molar-refractivity contribution in [1.29, 1.82) is 0 Å². The summed E-state index contributed by atoms with van der Waals surface area (Å²) in [6.07, 6.45) is 9.10. The predicted molar refractivity (Wildman–Crippen MR) is 72.8 cm³/mol. The smallest absolute Gasteiger partial charge is 0.0309 e. The average Bonchev–Trinajstić information content (AvgIpc) is 3.10. The Balaban J connectivity index is 2.01. The van der Waals surface area contributed by atoms with Gasteiger partial charge >= 0.3 is 0 Å². The molecular weight excluding hydrogens is 208 g/mol. The molecule has 2 nitrogen and oxygen atoms in total. The molecule has 2 fully saturated rings. The van der Waals surface area contributed by atoms with Gasteiger partial charge in [-0.25, -0.2) is 0 Å². The van der Waals surface area contributed by atoms with Crippen molar-refractivity contribution in [3.05, 3.63) is 0 Å². The Hall–Kier alpha value is -0.520. The Kier molecular flexibility index (Phi) is 3.80. The van der Waals surface area contributed by atoms with Gasteiger partial charge in [0.2, 0.25) is 0 Å². The van der Waals surface area contributed by atoms with Crippen molar-refractivity contribution in [3.63, 3.8) is 0 Å². The van der Waals surface area contributed by atoms with Crippen molar-refractivity contribution in [2.24, 2.45) is 11.8 Å². The highest BCUT2D eigenvalue weighted by molar-refractivity contribution is 5.05. The first-order valence-electron chi connectivity index (χ1n) is 6.99. The highest BCUT2D eigenvalue weighted by Gasteiger charge is 2.46. The Morgan fingerprint density at radius 3 is 2.71 bits per heavy atom. The van der Waals surface area contributed by atoms with Crippen LogP contribution in [0.1, 0.15) is 40.0 Å². The molecule has 96 valence electrons. The van der Waals surface area contributed by atoms with Gasteiger partial charge in [0.15, 0.2) is 0 Å². The van der Waals surface area contributed by atoms with E-state index in [4.69, 9.17) is 6.42 Å². The first-order valence-corrected chi connectivity index (χ1v) is 6.99. The predicted octanol–water partition coefficient (Wildman–Crippen LogP) is 2.11. The maximum Gasteiger partial charge on any atom is 0.0309 e. The molecule has 1 saturated heterocycles. The first kappa shape index (κ1) is 12.9. The Morgan fingerprint density at radius 1 is 1.47 bits per heavy atom. The minimum Gasteiger partial charge on any atom is -0.308 e. The fraction of sp³-hybridized carbons (Fsp3) is 0.867. The van der Waals surface area contributed by atoms with Crippen LogP contribution in [-0.2, 0) is 0 Å². The van der Waals surface area contributed by atoms with Gasteiger partial charge in [0.05, 0.1) is 0 Å². The zero-order valence-corrected chi connectivity index (χ0v) is 11.5. The van der Waals surface area contributed by atoms with E-state index in [1.54, 1.807) is 0 Å². The van der Waals surface area contributed by atoms with Gasteiger partial charge in [-0.15, -0.1) is 12.3 Å². The van der Waals surface area contributed by atoms with E-state index >= 15 is 0 Å². The summed E-state index contributed by atoms with van der Waals surface area (Å²) in [6.45, 7) is 10.4. The van der Waals surface area contributed by atoms with E-state index in [1.165, 1.54) is 19.4 Å². The van der Waals surface area contributed by atoms with Crippen LogP contribution in [0, 0.1) is 24.2 Å². The number of hydrogen-bond acceptors (Lipinski definition) is 2. The third-order valence-corrected chi connectivity index (χ3v) is 4.51. The van der Waals surface area contributed by atoms with Crippen LogP contribution in [0.2, 0.25) is 0 Å². The van der Waals surface area contributed by atoms with Crippen LogP contribution in [-0.4, -0.2) is 36.1 Å². The minimum absolute atomic E-state index is 0.333. The van der Waals surface area contributed by atoms with E-state index in [1.807, 2.05) is 0 Å². The molecule has 2 rings (SSSR count). The van der Waals surface area contributed by atoms with Crippen molar-refractivity contribution in [2.45, 2.75) is 51.6 Å². The maximum absolute atomic E-state index is 5.41. The van der Waals surface area contributed by atoms with Crippen LogP contribution in [0.4, 0.5) is 0 Å². The fourth-order valence-corrected chi connectivity index (χ4v) is 3.17. The largest absolute Gasteiger partial charge is 0.308 e. The average molecular weight is 234 g/mol. The second kappa shape index (κ2) is 5.00. The number of piperazine rings is 1. The van der Waals surface area contributed by atoms with Crippen molar-refractivity contribution in [1.82, 2.24) is 10.2 Å². The lowest BCUT2D eigenvalue weighted by molar-refractivity contribution is 0.0544. The molecule has 0 aromatic rings. The summed E-state index contributed by atoms with van der Waals surface area (Å²) in [6, 6.07) is 0.648. The van der Waals surface area contributed by atoms with Crippen LogP contribution >= 0.6 is 0 Å². The molecule has 0 aromatic carbocycles. The van der Waals surface area contributed by atoms with Crippen molar-refractivity contribution in [3.8, 4) is 12.3 Å². The van der Waals surface area contributed by atoms with E-state index in [0.717, 1.165) is 25.4 Å². The molecular formula is C15H26N2.